The summed E-state index contributed by atoms with van der Waals surface area (Å²) in [7, 11) is 0. The van der Waals surface area contributed by atoms with Crippen LogP contribution in [0.5, 0.6) is 0 Å². The Hall–Kier alpha value is -0.640. The van der Waals surface area contributed by atoms with Crippen LogP contribution in [0.1, 0.15) is 39.2 Å². The minimum Gasteiger partial charge on any atom is -0.310 e. The Balaban J connectivity index is 2.27. The molecule has 0 aromatic heterocycles. The molecule has 1 atom stereocenters. The summed E-state index contributed by atoms with van der Waals surface area (Å²) in [6, 6.07) is 5.00. The van der Waals surface area contributed by atoms with Crippen LogP contribution in [-0.2, 0) is 6.54 Å². The molecule has 1 aromatic carbocycles. The zero-order valence-corrected chi connectivity index (χ0v) is 13.5. The molecule has 0 bridgehead atoms. The number of benzene rings is 1. The van der Waals surface area contributed by atoms with Gasteiger partial charge in [-0.25, -0.2) is 4.39 Å². The van der Waals surface area contributed by atoms with Gasteiger partial charge in [-0.1, -0.05) is 31.5 Å². The molecule has 1 unspecified atom stereocenters. The maximum Gasteiger partial charge on any atom is 0.124 e. The van der Waals surface area contributed by atoms with Crippen molar-refractivity contribution in [2.24, 2.45) is 0 Å². The van der Waals surface area contributed by atoms with E-state index in [0.29, 0.717) is 17.6 Å². The molecule has 2 nitrogen and oxygen atoms in total. The Labute approximate surface area is 127 Å². The van der Waals surface area contributed by atoms with E-state index in [4.69, 9.17) is 11.6 Å². The molecule has 1 aromatic rings. The van der Waals surface area contributed by atoms with E-state index in [1.165, 1.54) is 18.6 Å². The number of halogens is 2. The van der Waals surface area contributed by atoms with Crippen molar-refractivity contribution in [2.45, 2.75) is 46.2 Å². The predicted molar refractivity (Wildman–Crippen MR) is 84.7 cm³/mol. The molecular weight excluding hydrogens is 275 g/mol. The average molecular weight is 301 g/mol. The van der Waals surface area contributed by atoms with E-state index in [1.807, 2.05) is 0 Å². The van der Waals surface area contributed by atoms with E-state index in [9.17, 15) is 4.39 Å². The zero-order valence-electron chi connectivity index (χ0n) is 12.8. The fraction of sp³-hybridized carbons (Fsp3) is 0.625. The Morgan fingerprint density at radius 1 is 1.30 bits per heavy atom. The number of nitrogens with one attached hydrogen (secondary N) is 1. The third kappa shape index (κ3) is 6.21. The molecule has 0 fully saturated rings. The van der Waals surface area contributed by atoms with Gasteiger partial charge in [0.1, 0.15) is 5.82 Å². The smallest absolute Gasteiger partial charge is 0.124 e. The number of rotatable bonds is 9. The van der Waals surface area contributed by atoms with Crippen molar-refractivity contribution in [3.8, 4) is 0 Å². The quantitative estimate of drug-likeness (QED) is 0.739. The minimum absolute atomic E-state index is 0.286. The van der Waals surface area contributed by atoms with Crippen LogP contribution in [-0.4, -0.2) is 30.6 Å². The molecular formula is C16H26ClFN2. The van der Waals surface area contributed by atoms with Crippen LogP contribution in [0.2, 0.25) is 5.02 Å². The fourth-order valence-electron chi connectivity index (χ4n) is 2.21. The first kappa shape index (κ1) is 17.4. The van der Waals surface area contributed by atoms with Gasteiger partial charge < -0.3 is 10.2 Å². The van der Waals surface area contributed by atoms with Gasteiger partial charge in [0.2, 0.25) is 0 Å². The second-order valence-corrected chi connectivity index (χ2v) is 5.59. The lowest BCUT2D eigenvalue weighted by Gasteiger charge is -2.20. The number of hydrogen-bond donors (Lipinski definition) is 1. The fourth-order valence-corrected chi connectivity index (χ4v) is 2.45. The third-order valence-corrected chi connectivity index (χ3v) is 4.01. The SMILES string of the molecule is CCN(CC)CCCC(C)NCc1ccc(F)cc1Cl. The van der Waals surface area contributed by atoms with Crippen LogP contribution in [0.25, 0.3) is 0 Å². The van der Waals surface area contributed by atoms with Gasteiger partial charge in [0.25, 0.3) is 0 Å². The Kier molecular flexibility index (Phi) is 8.12. The molecule has 0 saturated heterocycles. The van der Waals surface area contributed by atoms with E-state index in [-0.39, 0.29) is 5.82 Å². The lowest BCUT2D eigenvalue weighted by molar-refractivity contribution is 0.290. The van der Waals surface area contributed by atoms with Gasteiger partial charge in [-0.3, -0.25) is 0 Å². The molecule has 4 heteroatoms. The minimum atomic E-state index is -0.286. The monoisotopic (exact) mass is 300 g/mol. The van der Waals surface area contributed by atoms with Crippen molar-refractivity contribution in [3.63, 3.8) is 0 Å². The largest absolute Gasteiger partial charge is 0.310 e. The van der Waals surface area contributed by atoms with Crippen molar-refractivity contribution >= 4 is 11.6 Å². The van der Waals surface area contributed by atoms with Crippen molar-refractivity contribution in [1.29, 1.82) is 0 Å². The van der Waals surface area contributed by atoms with Crippen LogP contribution in [0.3, 0.4) is 0 Å². The van der Waals surface area contributed by atoms with Gasteiger partial charge in [-0.2, -0.15) is 0 Å². The van der Waals surface area contributed by atoms with E-state index in [1.54, 1.807) is 6.07 Å². The summed E-state index contributed by atoms with van der Waals surface area (Å²) in [5.74, 6) is -0.286. The summed E-state index contributed by atoms with van der Waals surface area (Å²) in [5.41, 5.74) is 0.948. The van der Waals surface area contributed by atoms with Crippen LogP contribution in [0, 0.1) is 5.82 Å². The lowest BCUT2D eigenvalue weighted by Crippen LogP contribution is -2.28. The Morgan fingerprint density at radius 3 is 2.60 bits per heavy atom. The highest BCUT2D eigenvalue weighted by Crippen LogP contribution is 2.17. The van der Waals surface area contributed by atoms with Crippen LogP contribution in [0.15, 0.2) is 18.2 Å². The molecule has 0 aliphatic rings. The molecule has 1 N–H and O–H groups in total. The Bertz CT molecular complexity index is 394. The van der Waals surface area contributed by atoms with E-state index in [0.717, 1.165) is 31.6 Å². The van der Waals surface area contributed by atoms with E-state index < -0.39 is 0 Å². The molecule has 0 radical (unpaired) electrons. The molecule has 0 heterocycles. The zero-order chi connectivity index (χ0) is 15.0. The molecule has 0 aliphatic carbocycles. The summed E-state index contributed by atoms with van der Waals surface area (Å²) in [5, 5.41) is 3.94. The first-order chi connectivity index (χ1) is 9.56. The van der Waals surface area contributed by atoms with Gasteiger partial charge >= 0.3 is 0 Å². The summed E-state index contributed by atoms with van der Waals surface area (Å²) in [6.45, 7) is 10.6. The van der Waals surface area contributed by atoms with Crippen LogP contribution in [0.4, 0.5) is 4.39 Å². The van der Waals surface area contributed by atoms with Gasteiger partial charge in [0, 0.05) is 17.6 Å². The number of nitrogens with zero attached hydrogens (tertiary/aromatic N) is 1. The molecule has 114 valence electrons. The first-order valence-corrected chi connectivity index (χ1v) is 7.84. The standard InChI is InChI=1S/C16H26ClFN2/c1-4-20(5-2)10-6-7-13(3)19-12-14-8-9-15(18)11-16(14)17/h8-9,11,13,19H,4-7,10,12H2,1-3H3. The van der Waals surface area contributed by atoms with Crippen molar-refractivity contribution in [2.75, 3.05) is 19.6 Å². The Morgan fingerprint density at radius 2 is 2.00 bits per heavy atom. The molecule has 0 saturated carbocycles. The first-order valence-electron chi connectivity index (χ1n) is 7.46. The van der Waals surface area contributed by atoms with Gasteiger partial charge in [-0.15, -0.1) is 0 Å². The summed E-state index contributed by atoms with van der Waals surface area (Å²) in [6.07, 6.45) is 2.32. The highest BCUT2D eigenvalue weighted by atomic mass is 35.5. The maximum atomic E-state index is 12.9. The van der Waals surface area contributed by atoms with E-state index in [2.05, 4.69) is 31.0 Å². The van der Waals surface area contributed by atoms with Crippen molar-refractivity contribution in [3.05, 3.63) is 34.6 Å². The average Bonchev–Trinajstić information content (AvgIpc) is 2.42. The second kappa shape index (κ2) is 9.32. The molecule has 0 aliphatic heterocycles. The van der Waals surface area contributed by atoms with E-state index >= 15 is 0 Å². The number of hydrogen-bond acceptors (Lipinski definition) is 2. The topological polar surface area (TPSA) is 15.3 Å². The summed E-state index contributed by atoms with van der Waals surface area (Å²) < 4.78 is 12.9. The van der Waals surface area contributed by atoms with Gasteiger partial charge in [-0.05, 0) is 57.1 Å². The van der Waals surface area contributed by atoms with Crippen LogP contribution >= 0.6 is 11.6 Å². The highest BCUT2D eigenvalue weighted by molar-refractivity contribution is 6.31. The second-order valence-electron chi connectivity index (χ2n) is 5.19. The van der Waals surface area contributed by atoms with Crippen molar-refractivity contribution < 1.29 is 4.39 Å². The third-order valence-electron chi connectivity index (χ3n) is 3.66. The maximum absolute atomic E-state index is 12.9. The van der Waals surface area contributed by atoms with Crippen LogP contribution < -0.4 is 5.32 Å². The normalized spacial score (nSPS) is 12.9. The summed E-state index contributed by atoms with van der Waals surface area (Å²) >= 11 is 6.01. The van der Waals surface area contributed by atoms with Crippen molar-refractivity contribution in [1.82, 2.24) is 10.2 Å². The molecule has 1 rings (SSSR count). The van der Waals surface area contributed by atoms with Gasteiger partial charge in [0.05, 0.1) is 0 Å². The molecule has 20 heavy (non-hydrogen) atoms. The van der Waals surface area contributed by atoms with Gasteiger partial charge in [0.15, 0.2) is 0 Å². The molecule has 0 amide bonds. The lowest BCUT2D eigenvalue weighted by atomic mass is 10.1. The predicted octanol–water partition coefficient (Wildman–Crippen LogP) is 4.08. The highest BCUT2D eigenvalue weighted by Gasteiger charge is 2.06. The summed E-state index contributed by atoms with van der Waals surface area (Å²) in [4.78, 5) is 2.43. The molecule has 0 spiro atoms.